The number of benzene rings is 1. The van der Waals surface area contributed by atoms with Crippen LogP contribution in [0.1, 0.15) is 21.8 Å². The van der Waals surface area contributed by atoms with E-state index in [9.17, 15) is 4.79 Å². The first-order chi connectivity index (χ1) is 9.72. The summed E-state index contributed by atoms with van der Waals surface area (Å²) in [5.41, 5.74) is 1.62. The van der Waals surface area contributed by atoms with Crippen LogP contribution in [0, 0.1) is 0 Å². The van der Waals surface area contributed by atoms with Gasteiger partial charge in [0, 0.05) is 5.75 Å². The third-order valence-electron chi connectivity index (χ3n) is 2.45. The van der Waals surface area contributed by atoms with Gasteiger partial charge in [0.05, 0.1) is 18.4 Å². The predicted molar refractivity (Wildman–Crippen MR) is 78.9 cm³/mol. The molecule has 1 aromatic heterocycles. The number of ether oxygens (including phenoxy) is 1. The van der Waals surface area contributed by atoms with Gasteiger partial charge in [0.2, 0.25) is 5.89 Å². The van der Waals surface area contributed by atoms with Gasteiger partial charge in [-0.2, -0.15) is 11.8 Å². The van der Waals surface area contributed by atoms with E-state index in [1.807, 2.05) is 18.4 Å². The molecular formula is C13H14N2O3S2. The quantitative estimate of drug-likeness (QED) is 0.600. The minimum atomic E-state index is -0.331. The van der Waals surface area contributed by atoms with Gasteiger partial charge in [0.25, 0.3) is 5.22 Å². The molecule has 0 saturated heterocycles. The van der Waals surface area contributed by atoms with Crippen LogP contribution < -0.4 is 0 Å². The van der Waals surface area contributed by atoms with Crippen LogP contribution in [0.5, 0.6) is 0 Å². The number of hydrogen-bond acceptors (Lipinski definition) is 7. The van der Waals surface area contributed by atoms with Crippen molar-refractivity contribution in [1.82, 2.24) is 10.2 Å². The van der Waals surface area contributed by atoms with Crippen LogP contribution in [0.3, 0.4) is 0 Å². The molecule has 0 aliphatic carbocycles. The number of carbonyl (C=O) groups is 1. The fraction of sp³-hybridized carbons (Fsp3) is 0.308. The highest BCUT2D eigenvalue weighted by Crippen LogP contribution is 2.22. The molecule has 1 aromatic carbocycles. The van der Waals surface area contributed by atoms with E-state index in [4.69, 9.17) is 4.42 Å². The van der Waals surface area contributed by atoms with E-state index in [2.05, 4.69) is 14.9 Å². The zero-order chi connectivity index (χ0) is 14.4. The zero-order valence-electron chi connectivity index (χ0n) is 11.2. The van der Waals surface area contributed by atoms with Crippen LogP contribution in [0.25, 0.3) is 0 Å². The molecule has 0 spiro atoms. The van der Waals surface area contributed by atoms with E-state index in [-0.39, 0.29) is 5.97 Å². The lowest BCUT2D eigenvalue weighted by Gasteiger charge is -2.01. The number of rotatable bonds is 6. The highest BCUT2D eigenvalue weighted by Gasteiger charge is 2.08. The third kappa shape index (κ3) is 4.01. The Kier molecular flexibility index (Phi) is 5.49. The van der Waals surface area contributed by atoms with Crippen molar-refractivity contribution in [2.75, 3.05) is 13.4 Å². The first-order valence-electron chi connectivity index (χ1n) is 5.84. The van der Waals surface area contributed by atoms with E-state index < -0.39 is 0 Å². The van der Waals surface area contributed by atoms with Gasteiger partial charge < -0.3 is 9.15 Å². The van der Waals surface area contributed by atoms with Crippen molar-refractivity contribution in [1.29, 1.82) is 0 Å². The Morgan fingerprint density at radius 2 is 2.00 bits per heavy atom. The van der Waals surface area contributed by atoms with E-state index in [0.717, 1.165) is 11.3 Å². The summed E-state index contributed by atoms with van der Waals surface area (Å²) in [6.07, 6.45) is 1.99. The number of aromatic nitrogens is 2. The molecule has 5 nitrogen and oxygen atoms in total. The maximum atomic E-state index is 11.3. The van der Waals surface area contributed by atoms with Gasteiger partial charge in [-0.15, -0.1) is 10.2 Å². The molecule has 20 heavy (non-hydrogen) atoms. The second-order valence-electron chi connectivity index (χ2n) is 3.87. The Bertz CT molecular complexity index is 569. The average molecular weight is 310 g/mol. The molecule has 0 fully saturated rings. The number of carbonyl (C=O) groups excluding carboxylic acids is 1. The first-order valence-corrected chi connectivity index (χ1v) is 8.22. The van der Waals surface area contributed by atoms with Crippen molar-refractivity contribution in [2.45, 2.75) is 16.7 Å². The molecule has 0 N–H and O–H groups in total. The van der Waals surface area contributed by atoms with Gasteiger partial charge in [0.15, 0.2) is 0 Å². The standard InChI is InChI=1S/C13H14N2O3S2/c1-17-12(16)10-5-3-9(4-6-10)7-20-13-15-14-11(18-13)8-19-2/h3-6H,7-8H2,1-2H3. The SMILES string of the molecule is COC(=O)c1ccc(CSc2nnc(CSC)o2)cc1. The fourth-order valence-electron chi connectivity index (χ4n) is 1.48. The summed E-state index contributed by atoms with van der Waals surface area (Å²) >= 11 is 3.11. The van der Waals surface area contributed by atoms with Crippen LogP contribution >= 0.6 is 23.5 Å². The van der Waals surface area contributed by atoms with Crippen molar-refractivity contribution in [3.05, 3.63) is 41.3 Å². The normalized spacial score (nSPS) is 10.5. The second kappa shape index (κ2) is 7.35. The van der Waals surface area contributed by atoms with Crippen molar-refractivity contribution >= 4 is 29.5 Å². The van der Waals surface area contributed by atoms with Crippen LogP contribution in [0.4, 0.5) is 0 Å². The van der Waals surface area contributed by atoms with Crippen LogP contribution in [-0.2, 0) is 16.2 Å². The van der Waals surface area contributed by atoms with Crippen LogP contribution in [0.2, 0.25) is 0 Å². The molecule has 0 unspecified atom stereocenters. The largest absolute Gasteiger partial charge is 0.465 e. The molecule has 2 aromatic rings. The second-order valence-corrected chi connectivity index (χ2v) is 5.66. The number of methoxy groups -OCH3 is 1. The summed E-state index contributed by atoms with van der Waals surface area (Å²) < 4.78 is 10.1. The van der Waals surface area contributed by atoms with E-state index in [0.29, 0.717) is 22.4 Å². The topological polar surface area (TPSA) is 65.2 Å². The molecule has 0 bridgehead atoms. The molecule has 0 amide bonds. The molecule has 0 radical (unpaired) electrons. The van der Waals surface area contributed by atoms with Crippen molar-refractivity contribution < 1.29 is 13.9 Å². The molecule has 2 rings (SSSR count). The average Bonchev–Trinajstić information content (AvgIpc) is 2.93. The summed E-state index contributed by atoms with van der Waals surface area (Å²) in [6.45, 7) is 0. The summed E-state index contributed by atoms with van der Waals surface area (Å²) in [4.78, 5) is 11.3. The van der Waals surface area contributed by atoms with E-state index in [1.165, 1.54) is 18.9 Å². The van der Waals surface area contributed by atoms with Gasteiger partial charge >= 0.3 is 5.97 Å². The van der Waals surface area contributed by atoms with Gasteiger partial charge in [-0.25, -0.2) is 4.79 Å². The Morgan fingerprint density at radius 3 is 2.65 bits per heavy atom. The van der Waals surface area contributed by atoms with Crippen LogP contribution in [-0.4, -0.2) is 29.5 Å². The lowest BCUT2D eigenvalue weighted by molar-refractivity contribution is 0.0600. The summed E-state index contributed by atoms with van der Waals surface area (Å²) in [6, 6.07) is 7.26. The molecule has 1 heterocycles. The van der Waals surface area contributed by atoms with Crippen molar-refractivity contribution in [2.24, 2.45) is 0 Å². The Labute approximate surface area is 125 Å². The monoisotopic (exact) mass is 310 g/mol. The van der Waals surface area contributed by atoms with Gasteiger partial charge in [-0.05, 0) is 24.0 Å². The Balaban J connectivity index is 1.91. The molecule has 106 valence electrons. The van der Waals surface area contributed by atoms with Gasteiger partial charge in [-0.1, -0.05) is 23.9 Å². The number of thioether (sulfide) groups is 2. The van der Waals surface area contributed by atoms with Gasteiger partial charge in [-0.3, -0.25) is 0 Å². The number of nitrogens with zero attached hydrogens (tertiary/aromatic N) is 2. The zero-order valence-corrected chi connectivity index (χ0v) is 12.8. The molecule has 0 aliphatic heterocycles. The Morgan fingerprint density at radius 1 is 1.25 bits per heavy atom. The summed E-state index contributed by atoms with van der Waals surface area (Å²) in [7, 11) is 1.37. The summed E-state index contributed by atoms with van der Waals surface area (Å²) in [5.74, 6) is 1.74. The summed E-state index contributed by atoms with van der Waals surface area (Å²) in [5, 5.41) is 8.48. The minimum absolute atomic E-state index is 0.331. The fourth-order valence-corrected chi connectivity index (χ4v) is 2.58. The van der Waals surface area contributed by atoms with E-state index >= 15 is 0 Å². The molecule has 7 heteroatoms. The Hall–Kier alpha value is -1.47. The molecule has 0 aliphatic rings. The van der Waals surface area contributed by atoms with E-state index in [1.54, 1.807) is 23.9 Å². The molecular weight excluding hydrogens is 296 g/mol. The maximum Gasteiger partial charge on any atom is 0.337 e. The molecule has 0 saturated carbocycles. The highest BCUT2D eigenvalue weighted by molar-refractivity contribution is 7.98. The molecule has 0 atom stereocenters. The smallest absolute Gasteiger partial charge is 0.337 e. The third-order valence-corrected chi connectivity index (χ3v) is 3.88. The lowest BCUT2D eigenvalue weighted by Crippen LogP contribution is -2.00. The van der Waals surface area contributed by atoms with Crippen LogP contribution in [0.15, 0.2) is 33.9 Å². The minimum Gasteiger partial charge on any atom is -0.465 e. The highest BCUT2D eigenvalue weighted by atomic mass is 32.2. The lowest BCUT2D eigenvalue weighted by atomic mass is 10.1. The van der Waals surface area contributed by atoms with Gasteiger partial charge in [0.1, 0.15) is 0 Å². The number of esters is 1. The van der Waals surface area contributed by atoms with Crippen molar-refractivity contribution in [3.63, 3.8) is 0 Å². The first kappa shape index (κ1) is 14.9. The number of hydrogen-bond donors (Lipinski definition) is 0. The maximum absolute atomic E-state index is 11.3. The van der Waals surface area contributed by atoms with Crippen molar-refractivity contribution in [3.8, 4) is 0 Å². The predicted octanol–water partition coefficient (Wildman–Crippen LogP) is 3.01.